The number of rotatable bonds is 2. The Morgan fingerprint density at radius 3 is 2.95 bits per heavy atom. The summed E-state index contributed by atoms with van der Waals surface area (Å²) < 4.78 is 2.73. The molecule has 4 nitrogen and oxygen atoms in total. The molecule has 0 aliphatic carbocycles. The van der Waals surface area contributed by atoms with Crippen molar-refractivity contribution in [3.05, 3.63) is 33.9 Å². The standard InChI is InChI=1S/C14H13BrN2O2S/c1-3-9-10-11(14(18)19)16-17(2)12(10)7-5-4-6-8(15)13(7)20-9/h4-6,9H,3H2,1-2H3,(H,18,19). The predicted octanol–water partition coefficient (Wildman–Crippen LogP) is 4.10. The molecule has 2 heterocycles. The lowest BCUT2D eigenvalue weighted by molar-refractivity contribution is 0.0688. The highest BCUT2D eigenvalue weighted by Gasteiger charge is 2.34. The minimum absolute atomic E-state index is 0.121. The van der Waals surface area contributed by atoms with Crippen LogP contribution in [0.2, 0.25) is 0 Å². The van der Waals surface area contributed by atoms with Crippen LogP contribution in [-0.4, -0.2) is 20.9 Å². The van der Waals surface area contributed by atoms with Gasteiger partial charge in [-0.3, -0.25) is 4.68 Å². The molecule has 3 rings (SSSR count). The van der Waals surface area contributed by atoms with Crippen LogP contribution in [0, 0.1) is 0 Å². The minimum atomic E-state index is -0.959. The predicted molar refractivity (Wildman–Crippen MR) is 82.2 cm³/mol. The van der Waals surface area contributed by atoms with Gasteiger partial charge < -0.3 is 5.11 Å². The van der Waals surface area contributed by atoms with E-state index in [1.54, 1.807) is 23.5 Å². The normalized spacial score (nSPS) is 16.6. The summed E-state index contributed by atoms with van der Waals surface area (Å²) in [6.07, 6.45) is 0.865. The Bertz CT molecular complexity index is 711. The van der Waals surface area contributed by atoms with E-state index >= 15 is 0 Å². The molecule has 1 atom stereocenters. The van der Waals surface area contributed by atoms with Crippen molar-refractivity contribution in [2.45, 2.75) is 23.5 Å². The molecule has 1 aromatic heterocycles. The summed E-state index contributed by atoms with van der Waals surface area (Å²) in [7, 11) is 1.80. The molecule has 0 saturated carbocycles. The lowest BCUT2D eigenvalue weighted by Crippen LogP contribution is -2.08. The first kappa shape index (κ1) is 13.7. The van der Waals surface area contributed by atoms with E-state index in [-0.39, 0.29) is 10.9 Å². The smallest absolute Gasteiger partial charge is 0.356 e. The van der Waals surface area contributed by atoms with Gasteiger partial charge in [-0.15, -0.1) is 11.8 Å². The van der Waals surface area contributed by atoms with Crippen molar-refractivity contribution in [1.29, 1.82) is 0 Å². The van der Waals surface area contributed by atoms with Crippen LogP contribution in [0.3, 0.4) is 0 Å². The summed E-state index contributed by atoms with van der Waals surface area (Å²) in [4.78, 5) is 12.6. The number of nitrogens with zero attached hydrogens (tertiary/aromatic N) is 2. The number of benzene rings is 1. The summed E-state index contributed by atoms with van der Waals surface area (Å²) in [6.45, 7) is 2.07. The third kappa shape index (κ3) is 1.90. The fraction of sp³-hybridized carbons (Fsp3) is 0.286. The number of carboxylic acid groups (broad SMARTS) is 1. The molecule has 6 heteroatoms. The fourth-order valence-electron chi connectivity index (χ4n) is 2.63. The first-order valence-corrected chi connectivity index (χ1v) is 7.97. The molecule has 1 aliphatic heterocycles. The van der Waals surface area contributed by atoms with Crippen LogP contribution in [0.25, 0.3) is 11.3 Å². The topological polar surface area (TPSA) is 55.1 Å². The average molecular weight is 353 g/mol. The SMILES string of the molecule is CCC1Sc2c(Br)cccc2-c2c1c(C(=O)O)nn2C. The number of carbonyl (C=O) groups is 1. The van der Waals surface area contributed by atoms with Crippen LogP contribution in [0.1, 0.15) is 34.6 Å². The number of aromatic nitrogens is 2. The zero-order valence-corrected chi connectivity index (χ0v) is 13.5. The Balaban J connectivity index is 2.35. The maximum atomic E-state index is 11.4. The number of hydrogen-bond donors (Lipinski definition) is 1. The summed E-state index contributed by atoms with van der Waals surface area (Å²) in [5, 5.41) is 13.7. The molecule has 0 saturated heterocycles. The molecular formula is C14H13BrN2O2S. The van der Waals surface area contributed by atoms with Gasteiger partial charge in [0.15, 0.2) is 5.69 Å². The highest BCUT2D eigenvalue weighted by atomic mass is 79.9. The van der Waals surface area contributed by atoms with Crippen LogP contribution >= 0.6 is 27.7 Å². The van der Waals surface area contributed by atoms with Crippen LogP contribution in [0.4, 0.5) is 0 Å². The molecule has 104 valence electrons. The van der Waals surface area contributed by atoms with Crippen molar-refractivity contribution >= 4 is 33.7 Å². The van der Waals surface area contributed by atoms with Crippen LogP contribution in [0.15, 0.2) is 27.6 Å². The van der Waals surface area contributed by atoms with Gasteiger partial charge in [0.05, 0.1) is 5.69 Å². The van der Waals surface area contributed by atoms with Gasteiger partial charge in [-0.25, -0.2) is 4.79 Å². The molecule has 0 radical (unpaired) electrons. The highest BCUT2D eigenvalue weighted by molar-refractivity contribution is 9.10. The van der Waals surface area contributed by atoms with Crippen molar-refractivity contribution in [2.75, 3.05) is 0 Å². The molecule has 1 unspecified atom stereocenters. The van der Waals surface area contributed by atoms with E-state index in [2.05, 4.69) is 28.0 Å². The van der Waals surface area contributed by atoms with Gasteiger partial charge in [0.2, 0.25) is 0 Å². The van der Waals surface area contributed by atoms with Gasteiger partial charge >= 0.3 is 5.97 Å². The van der Waals surface area contributed by atoms with Gasteiger partial charge in [0.1, 0.15) is 0 Å². The van der Waals surface area contributed by atoms with E-state index in [0.717, 1.165) is 32.6 Å². The second kappa shape index (κ2) is 4.93. The third-order valence-corrected chi connectivity index (χ3v) is 5.91. The number of aromatic carboxylic acids is 1. The number of halogens is 1. The van der Waals surface area contributed by atoms with Crippen LogP contribution in [0.5, 0.6) is 0 Å². The number of carboxylic acids is 1. The summed E-state index contributed by atoms with van der Waals surface area (Å²) in [6, 6.07) is 6.00. The van der Waals surface area contributed by atoms with Gasteiger partial charge in [-0.05, 0) is 28.4 Å². The van der Waals surface area contributed by atoms with Crippen molar-refractivity contribution in [1.82, 2.24) is 9.78 Å². The fourth-order valence-corrected chi connectivity index (χ4v) is 4.54. The zero-order valence-electron chi connectivity index (χ0n) is 11.1. The second-order valence-electron chi connectivity index (χ2n) is 4.67. The summed E-state index contributed by atoms with van der Waals surface area (Å²) in [5.74, 6) is -0.959. The Hall–Kier alpha value is -1.27. The third-order valence-electron chi connectivity index (χ3n) is 3.46. The Morgan fingerprint density at radius 2 is 2.30 bits per heavy atom. The maximum absolute atomic E-state index is 11.4. The molecular weight excluding hydrogens is 340 g/mol. The summed E-state index contributed by atoms with van der Waals surface area (Å²) in [5.41, 5.74) is 2.99. The number of fused-ring (bicyclic) bond motifs is 3. The molecule has 20 heavy (non-hydrogen) atoms. The first-order chi connectivity index (χ1) is 9.54. The van der Waals surface area contributed by atoms with E-state index in [4.69, 9.17) is 0 Å². The van der Waals surface area contributed by atoms with E-state index in [9.17, 15) is 9.90 Å². The average Bonchev–Trinajstić information content (AvgIpc) is 2.77. The molecule has 0 amide bonds. The van der Waals surface area contributed by atoms with Gasteiger partial charge in [0, 0.05) is 32.8 Å². The molecule has 2 aromatic rings. The first-order valence-electron chi connectivity index (χ1n) is 6.30. The van der Waals surface area contributed by atoms with Crippen molar-refractivity contribution in [3.8, 4) is 11.3 Å². The van der Waals surface area contributed by atoms with Gasteiger partial charge in [-0.2, -0.15) is 5.10 Å². The molecule has 1 N–H and O–H groups in total. The minimum Gasteiger partial charge on any atom is -0.476 e. The van der Waals surface area contributed by atoms with Crippen LogP contribution < -0.4 is 0 Å². The van der Waals surface area contributed by atoms with Crippen LogP contribution in [-0.2, 0) is 7.05 Å². The Labute approximate surface area is 129 Å². The second-order valence-corrected chi connectivity index (χ2v) is 6.74. The molecule has 0 bridgehead atoms. The Kier molecular flexibility index (Phi) is 3.38. The lowest BCUT2D eigenvalue weighted by Gasteiger charge is -2.25. The van der Waals surface area contributed by atoms with E-state index in [1.165, 1.54) is 0 Å². The number of hydrogen-bond acceptors (Lipinski definition) is 3. The largest absolute Gasteiger partial charge is 0.476 e. The van der Waals surface area contributed by atoms with Crippen molar-refractivity contribution < 1.29 is 9.90 Å². The number of aryl methyl sites for hydroxylation is 1. The van der Waals surface area contributed by atoms with E-state index < -0.39 is 5.97 Å². The van der Waals surface area contributed by atoms with Gasteiger partial charge in [-0.1, -0.05) is 19.1 Å². The number of thioether (sulfide) groups is 1. The summed E-state index contributed by atoms with van der Waals surface area (Å²) >= 11 is 5.29. The van der Waals surface area contributed by atoms with Crippen molar-refractivity contribution in [3.63, 3.8) is 0 Å². The lowest BCUT2D eigenvalue weighted by atomic mass is 10.0. The van der Waals surface area contributed by atoms with E-state index in [1.807, 2.05) is 18.2 Å². The van der Waals surface area contributed by atoms with E-state index in [0.29, 0.717) is 0 Å². The zero-order chi connectivity index (χ0) is 14.4. The molecule has 1 aromatic carbocycles. The van der Waals surface area contributed by atoms with Gasteiger partial charge in [0.25, 0.3) is 0 Å². The van der Waals surface area contributed by atoms with Crippen molar-refractivity contribution in [2.24, 2.45) is 7.05 Å². The maximum Gasteiger partial charge on any atom is 0.356 e. The quantitative estimate of drug-likeness (QED) is 0.883. The molecule has 1 aliphatic rings. The molecule has 0 spiro atoms. The highest BCUT2D eigenvalue weighted by Crippen LogP contribution is 2.53. The Morgan fingerprint density at radius 1 is 1.55 bits per heavy atom. The molecule has 0 fully saturated rings. The monoisotopic (exact) mass is 352 g/mol.